The van der Waals surface area contributed by atoms with E-state index in [4.69, 9.17) is 15.2 Å². The van der Waals surface area contributed by atoms with Crippen LogP contribution in [0.25, 0.3) is 0 Å². The molecule has 1 aliphatic heterocycles. The maximum absolute atomic E-state index is 5.61. The number of hydrogen-bond donors (Lipinski definition) is 1. The SMILES string of the molecule is Nc1ncn(CCCOC2CCOC2)n1. The maximum Gasteiger partial charge on any atom is 0.239 e. The summed E-state index contributed by atoms with van der Waals surface area (Å²) >= 11 is 0. The molecule has 2 N–H and O–H groups in total. The molecule has 0 aromatic carbocycles. The molecule has 0 radical (unpaired) electrons. The van der Waals surface area contributed by atoms with Crippen molar-refractivity contribution >= 4 is 5.95 Å². The van der Waals surface area contributed by atoms with Gasteiger partial charge in [0.05, 0.1) is 12.7 Å². The maximum atomic E-state index is 5.61. The molecule has 1 aliphatic rings. The molecule has 0 spiro atoms. The standard InChI is InChI=1S/C9H16N4O2/c10-9-11-7-13(12-9)3-1-4-15-8-2-5-14-6-8/h7-8H,1-6H2,(H2,10,12). The van der Waals surface area contributed by atoms with Gasteiger partial charge in [-0.2, -0.15) is 0 Å². The second kappa shape index (κ2) is 5.09. The van der Waals surface area contributed by atoms with Crippen molar-refractivity contribution in [2.45, 2.75) is 25.5 Å². The van der Waals surface area contributed by atoms with Crippen LogP contribution in [0, 0.1) is 0 Å². The number of nitrogens with zero attached hydrogens (tertiary/aromatic N) is 3. The van der Waals surface area contributed by atoms with E-state index in [1.807, 2.05) is 0 Å². The van der Waals surface area contributed by atoms with Crippen molar-refractivity contribution in [3.63, 3.8) is 0 Å². The van der Waals surface area contributed by atoms with Crippen molar-refractivity contribution in [1.29, 1.82) is 0 Å². The second-order valence-electron chi connectivity index (χ2n) is 3.58. The number of aryl methyl sites for hydroxylation is 1. The molecule has 1 aromatic heterocycles. The van der Waals surface area contributed by atoms with Gasteiger partial charge in [-0.1, -0.05) is 0 Å². The first-order chi connectivity index (χ1) is 7.34. The average Bonchev–Trinajstić information content (AvgIpc) is 2.84. The van der Waals surface area contributed by atoms with Gasteiger partial charge in [-0.15, -0.1) is 5.10 Å². The van der Waals surface area contributed by atoms with Crippen molar-refractivity contribution in [2.24, 2.45) is 0 Å². The van der Waals surface area contributed by atoms with E-state index in [1.54, 1.807) is 11.0 Å². The third kappa shape index (κ3) is 3.17. The van der Waals surface area contributed by atoms with Gasteiger partial charge in [0.1, 0.15) is 6.33 Å². The Hall–Kier alpha value is -1.14. The Kier molecular flexibility index (Phi) is 3.52. The fraction of sp³-hybridized carbons (Fsp3) is 0.778. The summed E-state index contributed by atoms with van der Waals surface area (Å²) in [5.74, 6) is 0.320. The number of anilines is 1. The van der Waals surface area contributed by atoms with Crippen LogP contribution in [0.4, 0.5) is 5.95 Å². The van der Waals surface area contributed by atoms with Crippen LogP contribution in [0.3, 0.4) is 0 Å². The van der Waals surface area contributed by atoms with E-state index in [2.05, 4.69) is 10.1 Å². The predicted molar refractivity (Wildman–Crippen MR) is 54.2 cm³/mol. The van der Waals surface area contributed by atoms with E-state index in [9.17, 15) is 0 Å². The first kappa shape index (κ1) is 10.4. The highest BCUT2D eigenvalue weighted by Crippen LogP contribution is 2.08. The highest BCUT2D eigenvalue weighted by atomic mass is 16.5. The van der Waals surface area contributed by atoms with Gasteiger partial charge in [0.15, 0.2) is 0 Å². The summed E-state index contributed by atoms with van der Waals surface area (Å²) in [5, 5.41) is 3.98. The summed E-state index contributed by atoms with van der Waals surface area (Å²) in [7, 11) is 0. The van der Waals surface area contributed by atoms with Gasteiger partial charge in [0.2, 0.25) is 5.95 Å². The minimum Gasteiger partial charge on any atom is -0.379 e. The van der Waals surface area contributed by atoms with E-state index in [1.165, 1.54) is 0 Å². The zero-order chi connectivity index (χ0) is 10.5. The first-order valence-corrected chi connectivity index (χ1v) is 5.19. The molecular weight excluding hydrogens is 196 g/mol. The fourth-order valence-corrected chi connectivity index (χ4v) is 1.54. The lowest BCUT2D eigenvalue weighted by Gasteiger charge is -2.08. The van der Waals surface area contributed by atoms with Crippen LogP contribution in [-0.2, 0) is 16.0 Å². The van der Waals surface area contributed by atoms with Crippen molar-refractivity contribution in [3.8, 4) is 0 Å². The smallest absolute Gasteiger partial charge is 0.239 e. The number of aromatic nitrogens is 3. The van der Waals surface area contributed by atoms with E-state index in [0.717, 1.165) is 39.2 Å². The van der Waals surface area contributed by atoms with Crippen molar-refractivity contribution in [2.75, 3.05) is 25.6 Å². The normalized spacial score (nSPS) is 20.9. The summed E-state index contributed by atoms with van der Waals surface area (Å²) in [6.07, 6.45) is 3.84. The topological polar surface area (TPSA) is 75.2 Å². The molecular formula is C9H16N4O2. The molecule has 1 aromatic rings. The molecule has 2 rings (SSSR count). The molecule has 15 heavy (non-hydrogen) atoms. The minimum atomic E-state index is 0.283. The zero-order valence-electron chi connectivity index (χ0n) is 8.63. The molecule has 1 fully saturated rings. The van der Waals surface area contributed by atoms with Crippen LogP contribution < -0.4 is 5.73 Å². The van der Waals surface area contributed by atoms with Crippen LogP contribution in [0.5, 0.6) is 0 Å². The molecule has 84 valence electrons. The number of rotatable bonds is 5. The molecule has 0 aliphatic carbocycles. The summed E-state index contributed by atoms with van der Waals surface area (Å²) in [6, 6.07) is 0. The van der Waals surface area contributed by atoms with Crippen molar-refractivity contribution < 1.29 is 9.47 Å². The molecule has 1 saturated heterocycles. The predicted octanol–water partition coefficient (Wildman–Crippen LogP) is 0.0559. The Labute approximate surface area is 88.4 Å². The van der Waals surface area contributed by atoms with Crippen LogP contribution >= 0.6 is 0 Å². The van der Waals surface area contributed by atoms with Crippen LogP contribution in [0.2, 0.25) is 0 Å². The van der Waals surface area contributed by atoms with E-state index in [0.29, 0.717) is 5.95 Å². The number of nitrogen functional groups attached to an aromatic ring is 1. The summed E-state index contributed by atoms with van der Waals surface area (Å²) in [6.45, 7) is 3.08. The monoisotopic (exact) mass is 212 g/mol. The molecule has 0 amide bonds. The number of nitrogens with two attached hydrogens (primary N) is 1. The van der Waals surface area contributed by atoms with Gasteiger partial charge in [-0.25, -0.2) is 4.98 Å². The first-order valence-electron chi connectivity index (χ1n) is 5.19. The van der Waals surface area contributed by atoms with Gasteiger partial charge in [-0.3, -0.25) is 4.68 Å². The van der Waals surface area contributed by atoms with Crippen LogP contribution in [-0.4, -0.2) is 40.7 Å². The highest BCUT2D eigenvalue weighted by Gasteiger charge is 2.15. The molecule has 1 atom stereocenters. The van der Waals surface area contributed by atoms with Crippen molar-refractivity contribution in [1.82, 2.24) is 14.8 Å². The number of ether oxygens (including phenoxy) is 2. The largest absolute Gasteiger partial charge is 0.379 e. The Morgan fingerprint density at radius 3 is 3.27 bits per heavy atom. The van der Waals surface area contributed by atoms with Gasteiger partial charge in [0, 0.05) is 19.8 Å². The lowest BCUT2D eigenvalue weighted by atomic mass is 10.3. The fourth-order valence-electron chi connectivity index (χ4n) is 1.54. The van der Waals surface area contributed by atoms with Crippen molar-refractivity contribution in [3.05, 3.63) is 6.33 Å². The molecule has 0 saturated carbocycles. The molecule has 6 heteroatoms. The van der Waals surface area contributed by atoms with E-state index in [-0.39, 0.29) is 6.10 Å². The Balaban J connectivity index is 1.58. The summed E-state index contributed by atoms with van der Waals surface area (Å²) in [4.78, 5) is 3.84. The molecule has 6 nitrogen and oxygen atoms in total. The molecule has 0 bridgehead atoms. The van der Waals surface area contributed by atoms with Gasteiger partial charge in [0.25, 0.3) is 0 Å². The summed E-state index contributed by atoms with van der Waals surface area (Å²) in [5.41, 5.74) is 5.39. The third-order valence-electron chi connectivity index (χ3n) is 2.33. The lowest BCUT2D eigenvalue weighted by Crippen LogP contribution is -2.14. The van der Waals surface area contributed by atoms with Crippen LogP contribution in [0.1, 0.15) is 12.8 Å². The number of hydrogen-bond acceptors (Lipinski definition) is 5. The third-order valence-corrected chi connectivity index (χ3v) is 2.33. The van der Waals surface area contributed by atoms with E-state index < -0.39 is 0 Å². The van der Waals surface area contributed by atoms with Gasteiger partial charge in [-0.05, 0) is 12.8 Å². The Bertz CT molecular complexity index is 296. The van der Waals surface area contributed by atoms with Gasteiger partial charge < -0.3 is 15.2 Å². The quantitative estimate of drug-likeness (QED) is 0.698. The Morgan fingerprint density at radius 2 is 2.60 bits per heavy atom. The Morgan fingerprint density at radius 1 is 1.67 bits per heavy atom. The second-order valence-corrected chi connectivity index (χ2v) is 3.58. The molecule has 1 unspecified atom stereocenters. The zero-order valence-corrected chi connectivity index (χ0v) is 8.63. The molecule has 2 heterocycles. The highest BCUT2D eigenvalue weighted by molar-refractivity contribution is 5.08. The lowest BCUT2D eigenvalue weighted by molar-refractivity contribution is 0.0396. The van der Waals surface area contributed by atoms with Crippen LogP contribution in [0.15, 0.2) is 6.33 Å². The summed E-state index contributed by atoms with van der Waals surface area (Å²) < 4.78 is 12.5. The van der Waals surface area contributed by atoms with E-state index >= 15 is 0 Å². The van der Waals surface area contributed by atoms with Gasteiger partial charge >= 0.3 is 0 Å². The average molecular weight is 212 g/mol. The minimum absolute atomic E-state index is 0.283.